The SMILES string of the molecule is CCOCCn1c(=NC(=O)c2cccc(OC)c2OC)sc2ccc([N+](=O)[O-])cc21. The highest BCUT2D eigenvalue weighted by molar-refractivity contribution is 7.16. The summed E-state index contributed by atoms with van der Waals surface area (Å²) in [5.74, 6) is 0.220. The minimum atomic E-state index is -0.503. The number of rotatable bonds is 8. The zero-order chi connectivity index (χ0) is 21.7. The molecule has 0 bridgehead atoms. The number of non-ortho nitro benzene ring substituents is 1. The van der Waals surface area contributed by atoms with Gasteiger partial charge in [-0.25, -0.2) is 0 Å². The van der Waals surface area contributed by atoms with E-state index in [1.54, 1.807) is 28.8 Å². The number of methoxy groups -OCH3 is 2. The average molecular weight is 431 g/mol. The Labute approximate surface area is 176 Å². The first kappa shape index (κ1) is 21.5. The largest absolute Gasteiger partial charge is 0.493 e. The Morgan fingerprint density at radius 3 is 2.70 bits per heavy atom. The van der Waals surface area contributed by atoms with Gasteiger partial charge in [0.05, 0.1) is 41.5 Å². The van der Waals surface area contributed by atoms with E-state index >= 15 is 0 Å². The Balaban J connectivity index is 2.14. The molecule has 0 atom stereocenters. The maximum Gasteiger partial charge on any atom is 0.283 e. The van der Waals surface area contributed by atoms with Gasteiger partial charge in [-0.2, -0.15) is 4.99 Å². The highest BCUT2D eigenvalue weighted by Crippen LogP contribution is 2.31. The van der Waals surface area contributed by atoms with Crippen molar-refractivity contribution in [1.82, 2.24) is 4.57 Å². The summed E-state index contributed by atoms with van der Waals surface area (Å²) in [6.07, 6.45) is 0. The molecule has 0 spiro atoms. The van der Waals surface area contributed by atoms with E-state index in [1.807, 2.05) is 6.92 Å². The number of ether oxygens (including phenoxy) is 3. The van der Waals surface area contributed by atoms with Crippen LogP contribution in [0.25, 0.3) is 10.2 Å². The van der Waals surface area contributed by atoms with Gasteiger partial charge >= 0.3 is 0 Å². The van der Waals surface area contributed by atoms with Gasteiger partial charge in [-0.05, 0) is 25.1 Å². The average Bonchev–Trinajstić information content (AvgIpc) is 3.09. The van der Waals surface area contributed by atoms with Crippen LogP contribution in [0.15, 0.2) is 41.4 Å². The molecular weight excluding hydrogens is 410 g/mol. The summed E-state index contributed by atoms with van der Waals surface area (Å²) in [4.78, 5) is 28.4. The van der Waals surface area contributed by atoms with Crippen LogP contribution >= 0.6 is 11.3 Å². The Bertz CT molecular complexity index is 1150. The quantitative estimate of drug-likeness (QED) is 0.307. The second kappa shape index (κ2) is 9.51. The summed E-state index contributed by atoms with van der Waals surface area (Å²) in [6, 6.07) is 9.55. The molecule has 0 aliphatic heterocycles. The number of hydrogen-bond donors (Lipinski definition) is 0. The van der Waals surface area contributed by atoms with Crippen LogP contribution in [0.3, 0.4) is 0 Å². The molecule has 158 valence electrons. The second-order valence-electron chi connectivity index (χ2n) is 6.10. The molecule has 1 aromatic heterocycles. The molecule has 1 amide bonds. The number of hydrogen-bond acceptors (Lipinski definition) is 7. The fraction of sp³-hybridized carbons (Fsp3) is 0.300. The number of amides is 1. The van der Waals surface area contributed by atoms with E-state index in [1.165, 1.54) is 37.7 Å². The molecule has 0 aliphatic rings. The number of carbonyl (C=O) groups is 1. The summed E-state index contributed by atoms with van der Waals surface area (Å²) < 4.78 is 18.5. The number of para-hydroxylation sites is 1. The predicted octanol–water partition coefficient (Wildman–Crippen LogP) is 3.41. The third kappa shape index (κ3) is 4.34. The first-order chi connectivity index (χ1) is 14.5. The monoisotopic (exact) mass is 431 g/mol. The fourth-order valence-corrected chi connectivity index (χ4v) is 4.01. The Kier molecular flexibility index (Phi) is 6.80. The number of thiazole rings is 1. The number of nitro benzene ring substituents is 1. The van der Waals surface area contributed by atoms with Gasteiger partial charge in [0.15, 0.2) is 16.3 Å². The predicted molar refractivity (Wildman–Crippen MR) is 112 cm³/mol. The summed E-state index contributed by atoms with van der Waals surface area (Å²) in [7, 11) is 2.94. The Morgan fingerprint density at radius 2 is 2.03 bits per heavy atom. The van der Waals surface area contributed by atoms with Crippen molar-refractivity contribution in [3.05, 3.63) is 56.9 Å². The van der Waals surface area contributed by atoms with Gasteiger partial charge in [0.25, 0.3) is 11.6 Å². The molecule has 0 N–H and O–H groups in total. The standard InChI is InChI=1S/C20H21N3O6S/c1-4-29-11-10-22-15-12-13(23(25)26)8-9-17(15)30-20(22)21-19(24)14-6-5-7-16(27-2)18(14)28-3/h5-9,12H,4,10-11H2,1-3H3. The van der Waals surface area contributed by atoms with Crippen LogP contribution in [0.1, 0.15) is 17.3 Å². The summed E-state index contributed by atoms with van der Waals surface area (Å²) in [6.45, 7) is 3.20. The van der Waals surface area contributed by atoms with E-state index < -0.39 is 10.8 Å². The van der Waals surface area contributed by atoms with Crippen LogP contribution < -0.4 is 14.3 Å². The van der Waals surface area contributed by atoms with Crippen LogP contribution in [0.4, 0.5) is 5.69 Å². The van der Waals surface area contributed by atoms with E-state index in [4.69, 9.17) is 14.2 Å². The van der Waals surface area contributed by atoms with E-state index in [2.05, 4.69) is 4.99 Å². The molecule has 30 heavy (non-hydrogen) atoms. The van der Waals surface area contributed by atoms with Gasteiger partial charge in [0.2, 0.25) is 0 Å². The lowest BCUT2D eigenvalue weighted by atomic mass is 10.2. The van der Waals surface area contributed by atoms with Crippen LogP contribution in [-0.4, -0.2) is 42.8 Å². The molecule has 0 aliphatic carbocycles. The van der Waals surface area contributed by atoms with Crippen molar-refractivity contribution >= 4 is 33.1 Å². The summed E-state index contributed by atoms with van der Waals surface area (Å²) in [5.41, 5.74) is 0.854. The van der Waals surface area contributed by atoms with Gasteiger partial charge < -0.3 is 18.8 Å². The van der Waals surface area contributed by atoms with Gasteiger partial charge in [-0.1, -0.05) is 17.4 Å². The number of aromatic nitrogens is 1. The molecule has 0 radical (unpaired) electrons. The van der Waals surface area contributed by atoms with Crippen molar-refractivity contribution in [1.29, 1.82) is 0 Å². The number of benzene rings is 2. The fourth-order valence-electron chi connectivity index (χ4n) is 2.98. The molecule has 3 rings (SSSR count). The first-order valence-corrected chi connectivity index (χ1v) is 9.97. The van der Waals surface area contributed by atoms with Crippen molar-refractivity contribution in [3.63, 3.8) is 0 Å². The molecule has 2 aromatic carbocycles. The van der Waals surface area contributed by atoms with Crippen LogP contribution in [-0.2, 0) is 11.3 Å². The lowest BCUT2D eigenvalue weighted by Crippen LogP contribution is -2.20. The minimum Gasteiger partial charge on any atom is -0.493 e. The smallest absolute Gasteiger partial charge is 0.283 e. The van der Waals surface area contributed by atoms with Gasteiger partial charge in [-0.15, -0.1) is 0 Å². The molecule has 0 fully saturated rings. The van der Waals surface area contributed by atoms with E-state index in [0.717, 1.165) is 4.70 Å². The highest BCUT2D eigenvalue weighted by atomic mass is 32.1. The number of nitrogens with zero attached hydrogens (tertiary/aromatic N) is 3. The van der Waals surface area contributed by atoms with Crippen molar-refractivity contribution in [2.75, 3.05) is 27.4 Å². The minimum absolute atomic E-state index is 0.0298. The van der Waals surface area contributed by atoms with Gasteiger partial charge in [-0.3, -0.25) is 14.9 Å². The zero-order valence-electron chi connectivity index (χ0n) is 16.8. The number of nitro groups is 1. The molecular formula is C20H21N3O6S. The topological polar surface area (TPSA) is 105 Å². The Morgan fingerprint density at radius 1 is 1.23 bits per heavy atom. The van der Waals surface area contributed by atoms with Crippen LogP contribution in [0.2, 0.25) is 0 Å². The molecule has 10 heteroatoms. The molecule has 9 nitrogen and oxygen atoms in total. The van der Waals surface area contributed by atoms with Gasteiger partial charge in [0, 0.05) is 25.3 Å². The van der Waals surface area contributed by atoms with E-state index in [0.29, 0.717) is 41.6 Å². The normalized spacial score (nSPS) is 11.6. The van der Waals surface area contributed by atoms with Crippen molar-refractivity contribution in [2.24, 2.45) is 4.99 Å². The molecule has 0 unspecified atom stereocenters. The van der Waals surface area contributed by atoms with Crippen molar-refractivity contribution in [2.45, 2.75) is 13.5 Å². The highest BCUT2D eigenvalue weighted by Gasteiger charge is 2.17. The Hall–Kier alpha value is -3.24. The summed E-state index contributed by atoms with van der Waals surface area (Å²) >= 11 is 1.27. The lowest BCUT2D eigenvalue weighted by Gasteiger charge is -2.10. The lowest BCUT2D eigenvalue weighted by molar-refractivity contribution is -0.384. The zero-order valence-corrected chi connectivity index (χ0v) is 17.6. The third-order valence-corrected chi connectivity index (χ3v) is 5.43. The first-order valence-electron chi connectivity index (χ1n) is 9.15. The van der Waals surface area contributed by atoms with Crippen LogP contribution in [0, 0.1) is 10.1 Å². The van der Waals surface area contributed by atoms with E-state index in [9.17, 15) is 14.9 Å². The van der Waals surface area contributed by atoms with Gasteiger partial charge in [0.1, 0.15) is 0 Å². The molecule has 0 saturated carbocycles. The van der Waals surface area contributed by atoms with Crippen molar-refractivity contribution in [3.8, 4) is 11.5 Å². The molecule has 3 aromatic rings. The summed E-state index contributed by atoms with van der Waals surface area (Å²) in [5, 5.41) is 11.2. The maximum absolute atomic E-state index is 12.9. The van der Waals surface area contributed by atoms with E-state index in [-0.39, 0.29) is 11.3 Å². The van der Waals surface area contributed by atoms with Crippen LogP contribution in [0.5, 0.6) is 11.5 Å². The second-order valence-corrected chi connectivity index (χ2v) is 7.11. The third-order valence-electron chi connectivity index (χ3n) is 4.37. The maximum atomic E-state index is 12.9. The number of carbonyl (C=O) groups excluding carboxylic acids is 1. The van der Waals surface area contributed by atoms with Crippen molar-refractivity contribution < 1.29 is 23.9 Å². The number of fused-ring (bicyclic) bond motifs is 1. The molecule has 1 heterocycles. The molecule has 0 saturated heterocycles.